The quantitative estimate of drug-likeness (QED) is 0.517. The fraction of sp³-hybridized carbons (Fsp3) is 0.222. The van der Waals surface area contributed by atoms with Crippen LogP contribution < -0.4 is 5.73 Å². The lowest BCUT2D eigenvalue weighted by molar-refractivity contribution is 0.185. The molecule has 10 heteroatoms. The molecule has 0 bridgehead atoms. The zero-order chi connectivity index (χ0) is 13.9. The van der Waals surface area contributed by atoms with Gasteiger partial charge in [-0.2, -0.15) is 0 Å². The highest BCUT2D eigenvalue weighted by molar-refractivity contribution is 7.51. The number of anilines is 1. The van der Waals surface area contributed by atoms with Gasteiger partial charge in [0.1, 0.15) is 19.0 Å². The summed E-state index contributed by atoms with van der Waals surface area (Å²) in [5.74, 6) is 0.287. The molecule has 0 atom stereocenters. The van der Waals surface area contributed by atoms with Crippen LogP contribution in [-0.2, 0) is 9.30 Å². The molecule has 0 aromatic carbocycles. The number of ether oxygens (including phenoxy) is 1. The molecule has 19 heavy (non-hydrogen) atoms. The molecule has 0 fully saturated rings. The fourth-order valence-electron chi connectivity index (χ4n) is 1.38. The third-order valence-electron chi connectivity index (χ3n) is 2.13. The average Bonchev–Trinajstić information content (AvgIpc) is 2.72. The zero-order valence-electron chi connectivity index (χ0n) is 9.75. The minimum Gasteiger partial charge on any atom is -0.382 e. The summed E-state index contributed by atoms with van der Waals surface area (Å²) in [5, 5.41) is 0. The van der Waals surface area contributed by atoms with Crippen LogP contribution in [0.25, 0.3) is 17.4 Å². The molecular formula is C9H12N5O4P. The van der Waals surface area contributed by atoms with E-state index in [-0.39, 0.29) is 12.4 Å². The van der Waals surface area contributed by atoms with Gasteiger partial charge in [0.25, 0.3) is 0 Å². The summed E-state index contributed by atoms with van der Waals surface area (Å²) in [7, 11) is -4.12. The minimum atomic E-state index is -4.12. The molecule has 0 radical (unpaired) electrons. The smallest absolute Gasteiger partial charge is 0.350 e. The fourth-order valence-corrected chi connectivity index (χ4v) is 1.72. The van der Waals surface area contributed by atoms with Crippen LogP contribution >= 0.6 is 7.60 Å². The number of fused-ring (bicyclic) bond motifs is 1. The average molecular weight is 285 g/mol. The van der Waals surface area contributed by atoms with Crippen LogP contribution in [0.4, 0.5) is 5.82 Å². The Morgan fingerprint density at radius 3 is 2.95 bits per heavy atom. The number of imidazole rings is 1. The van der Waals surface area contributed by atoms with Crippen molar-refractivity contribution in [2.45, 2.75) is 0 Å². The molecule has 2 aromatic rings. The molecular weight excluding hydrogens is 273 g/mol. The van der Waals surface area contributed by atoms with Crippen LogP contribution in [0.3, 0.4) is 0 Å². The molecule has 0 unspecified atom stereocenters. The number of aromatic nitrogens is 4. The summed E-state index contributed by atoms with van der Waals surface area (Å²) in [5.41, 5.74) is 6.66. The van der Waals surface area contributed by atoms with E-state index < -0.39 is 13.9 Å². The maximum Gasteiger partial charge on any atom is 0.350 e. The molecule has 0 aliphatic heterocycles. The van der Waals surface area contributed by atoms with Crippen molar-refractivity contribution in [3.63, 3.8) is 0 Å². The first kappa shape index (κ1) is 13.6. The third kappa shape index (κ3) is 3.58. The molecule has 2 rings (SSSR count). The van der Waals surface area contributed by atoms with E-state index in [4.69, 9.17) is 20.3 Å². The molecule has 0 aliphatic rings. The van der Waals surface area contributed by atoms with Crippen LogP contribution in [0.2, 0.25) is 0 Å². The van der Waals surface area contributed by atoms with Gasteiger partial charge >= 0.3 is 7.60 Å². The lowest BCUT2D eigenvalue weighted by Crippen LogP contribution is -1.96. The van der Waals surface area contributed by atoms with Crippen LogP contribution in [-0.4, -0.2) is 42.3 Å². The van der Waals surface area contributed by atoms with Crippen LogP contribution in [0.5, 0.6) is 0 Å². The van der Waals surface area contributed by atoms with Crippen LogP contribution in [0, 0.1) is 0 Å². The van der Waals surface area contributed by atoms with Crippen LogP contribution in [0.1, 0.15) is 0 Å². The lowest BCUT2D eigenvalue weighted by Gasteiger charge is -2.02. The maximum atomic E-state index is 10.5. The Kier molecular flexibility index (Phi) is 3.91. The number of nitrogen functional groups attached to an aromatic ring is 1. The molecule has 102 valence electrons. The summed E-state index contributed by atoms with van der Waals surface area (Å²) in [6.07, 6.45) is 5.41. The number of nitrogens with zero attached hydrogens (tertiary/aromatic N) is 4. The summed E-state index contributed by atoms with van der Waals surface area (Å²) in [6, 6.07) is 0. The first-order chi connectivity index (χ1) is 8.97. The van der Waals surface area contributed by atoms with Gasteiger partial charge in [0.15, 0.2) is 17.0 Å². The van der Waals surface area contributed by atoms with Crippen molar-refractivity contribution in [3.8, 4) is 0 Å². The maximum absolute atomic E-state index is 10.5. The topological polar surface area (TPSA) is 136 Å². The Labute approximate surface area is 107 Å². The van der Waals surface area contributed by atoms with E-state index in [1.807, 2.05) is 0 Å². The zero-order valence-corrected chi connectivity index (χ0v) is 10.6. The molecule has 0 saturated carbocycles. The van der Waals surface area contributed by atoms with E-state index in [1.54, 1.807) is 16.8 Å². The summed E-state index contributed by atoms with van der Waals surface area (Å²) in [6.45, 7) is 0.0609. The van der Waals surface area contributed by atoms with Gasteiger partial charge in [0, 0.05) is 6.20 Å². The Hall–Kier alpha value is -1.80. The SMILES string of the molecule is Nc1ncnc2c1ncn2C=CCOCP(=O)(O)O. The molecule has 2 heterocycles. The van der Waals surface area contributed by atoms with Gasteiger partial charge in [0.2, 0.25) is 0 Å². The Bertz CT molecular complexity index is 649. The van der Waals surface area contributed by atoms with E-state index >= 15 is 0 Å². The highest BCUT2D eigenvalue weighted by Gasteiger charge is 2.11. The van der Waals surface area contributed by atoms with E-state index in [2.05, 4.69) is 15.0 Å². The van der Waals surface area contributed by atoms with Crippen molar-refractivity contribution in [2.75, 3.05) is 18.7 Å². The lowest BCUT2D eigenvalue weighted by atomic mass is 10.5. The highest BCUT2D eigenvalue weighted by atomic mass is 31.2. The highest BCUT2D eigenvalue weighted by Crippen LogP contribution is 2.33. The van der Waals surface area contributed by atoms with E-state index in [1.165, 1.54) is 12.7 Å². The predicted octanol–water partition coefficient (Wildman–Crippen LogP) is 0.0310. The van der Waals surface area contributed by atoms with E-state index in [0.29, 0.717) is 11.2 Å². The minimum absolute atomic E-state index is 0.0609. The van der Waals surface area contributed by atoms with Gasteiger partial charge in [-0.3, -0.25) is 9.13 Å². The Balaban J connectivity index is 2.02. The molecule has 9 nitrogen and oxygen atoms in total. The first-order valence-electron chi connectivity index (χ1n) is 5.19. The number of hydrogen-bond acceptors (Lipinski definition) is 6. The van der Waals surface area contributed by atoms with E-state index in [9.17, 15) is 4.57 Å². The van der Waals surface area contributed by atoms with Gasteiger partial charge in [-0.25, -0.2) is 15.0 Å². The second kappa shape index (κ2) is 5.45. The molecule has 2 aromatic heterocycles. The second-order valence-electron chi connectivity index (χ2n) is 3.63. The van der Waals surface area contributed by atoms with Gasteiger partial charge in [-0.05, 0) is 6.08 Å². The summed E-state index contributed by atoms with van der Waals surface area (Å²) >= 11 is 0. The van der Waals surface area contributed by atoms with E-state index in [0.717, 1.165) is 0 Å². The normalized spacial score (nSPS) is 12.5. The summed E-state index contributed by atoms with van der Waals surface area (Å²) < 4.78 is 16.9. The molecule has 0 amide bonds. The Morgan fingerprint density at radius 2 is 2.21 bits per heavy atom. The monoisotopic (exact) mass is 285 g/mol. The van der Waals surface area contributed by atoms with Gasteiger partial charge in [-0.15, -0.1) is 0 Å². The standard InChI is InChI=1S/C9H12N5O4P/c10-8-7-9(12-4-11-8)14(5-13-7)2-1-3-18-6-19(15,16)17/h1-2,4-5H,3,6H2,(H2,10,11,12)(H2,15,16,17). The van der Waals surface area contributed by atoms with Gasteiger partial charge in [-0.1, -0.05) is 0 Å². The van der Waals surface area contributed by atoms with Crippen molar-refractivity contribution in [1.82, 2.24) is 19.5 Å². The molecule has 0 aliphatic carbocycles. The number of hydrogen-bond donors (Lipinski definition) is 3. The van der Waals surface area contributed by atoms with Crippen molar-refractivity contribution >= 4 is 30.8 Å². The van der Waals surface area contributed by atoms with Crippen molar-refractivity contribution in [3.05, 3.63) is 18.7 Å². The molecule has 0 saturated heterocycles. The third-order valence-corrected chi connectivity index (χ3v) is 2.65. The second-order valence-corrected chi connectivity index (χ2v) is 5.22. The summed E-state index contributed by atoms with van der Waals surface area (Å²) in [4.78, 5) is 29.1. The van der Waals surface area contributed by atoms with Gasteiger partial charge < -0.3 is 20.3 Å². The van der Waals surface area contributed by atoms with Crippen molar-refractivity contribution < 1.29 is 19.1 Å². The first-order valence-corrected chi connectivity index (χ1v) is 6.99. The van der Waals surface area contributed by atoms with Crippen LogP contribution in [0.15, 0.2) is 18.7 Å². The predicted molar refractivity (Wildman–Crippen MR) is 67.9 cm³/mol. The van der Waals surface area contributed by atoms with Crippen molar-refractivity contribution in [1.29, 1.82) is 0 Å². The molecule has 4 N–H and O–H groups in total. The number of rotatable bonds is 5. The van der Waals surface area contributed by atoms with Gasteiger partial charge in [0.05, 0.1) is 6.61 Å². The van der Waals surface area contributed by atoms with Crippen molar-refractivity contribution in [2.24, 2.45) is 0 Å². The Morgan fingerprint density at radius 1 is 1.42 bits per heavy atom. The largest absolute Gasteiger partial charge is 0.382 e. The number of nitrogens with two attached hydrogens (primary N) is 1. The molecule has 0 spiro atoms.